The number of imidazole rings is 1. The largest absolute Gasteiger partial charge is 0.396 e. The van der Waals surface area contributed by atoms with Gasteiger partial charge in [0.15, 0.2) is 0 Å². The average molecular weight is 278 g/mol. The van der Waals surface area contributed by atoms with Crippen LogP contribution in [0.3, 0.4) is 0 Å². The molecule has 2 N–H and O–H groups in total. The minimum absolute atomic E-state index is 0.0906. The Balaban J connectivity index is 2.01. The molecule has 5 heteroatoms. The fraction of sp³-hybridized carbons (Fsp3) is 0.533. The van der Waals surface area contributed by atoms with E-state index in [9.17, 15) is 14.3 Å². The van der Waals surface area contributed by atoms with E-state index in [1.807, 2.05) is 0 Å². The van der Waals surface area contributed by atoms with Gasteiger partial charge in [-0.1, -0.05) is 19.3 Å². The van der Waals surface area contributed by atoms with E-state index in [0.717, 1.165) is 25.7 Å². The van der Waals surface area contributed by atoms with Crippen molar-refractivity contribution in [3.05, 3.63) is 34.5 Å². The summed E-state index contributed by atoms with van der Waals surface area (Å²) in [5.74, 6) is -0.361. The topological polar surface area (TPSA) is 58.0 Å². The fourth-order valence-corrected chi connectivity index (χ4v) is 3.30. The van der Waals surface area contributed by atoms with Crippen LogP contribution in [-0.2, 0) is 6.54 Å². The molecule has 0 spiro atoms. The van der Waals surface area contributed by atoms with Crippen LogP contribution in [0.5, 0.6) is 0 Å². The lowest BCUT2D eigenvalue weighted by molar-refractivity contribution is 0.0649. The molecule has 1 saturated carbocycles. The number of aromatic nitrogens is 2. The maximum atomic E-state index is 13.2. The number of benzene rings is 1. The highest BCUT2D eigenvalue weighted by molar-refractivity contribution is 5.75. The van der Waals surface area contributed by atoms with Crippen LogP contribution in [0, 0.1) is 11.2 Å². The Morgan fingerprint density at radius 2 is 2.05 bits per heavy atom. The number of hydrogen-bond donors (Lipinski definition) is 2. The van der Waals surface area contributed by atoms with Crippen molar-refractivity contribution in [3.8, 4) is 0 Å². The summed E-state index contributed by atoms with van der Waals surface area (Å²) in [5.41, 5.74) is 0.767. The van der Waals surface area contributed by atoms with E-state index in [-0.39, 0.29) is 23.5 Å². The summed E-state index contributed by atoms with van der Waals surface area (Å²) in [5, 5.41) is 9.76. The van der Waals surface area contributed by atoms with Gasteiger partial charge in [0, 0.05) is 12.0 Å². The Kier molecular flexibility index (Phi) is 3.38. The molecule has 108 valence electrons. The number of fused-ring (bicyclic) bond motifs is 1. The van der Waals surface area contributed by atoms with E-state index in [1.165, 1.54) is 18.6 Å². The summed E-state index contributed by atoms with van der Waals surface area (Å²) in [7, 11) is 0. The number of nitrogens with zero attached hydrogens (tertiary/aromatic N) is 1. The predicted molar refractivity (Wildman–Crippen MR) is 75.1 cm³/mol. The van der Waals surface area contributed by atoms with Gasteiger partial charge in [-0.05, 0) is 31.0 Å². The number of H-pyrrole nitrogens is 1. The van der Waals surface area contributed by atoms with Gasteiger partial charge in [-0.15, -0.1) is 0 Å². The van der Waals surface area contributed by atoms with Crippen molar-refractivity contribution < 1.29 is 9.50 Å². The maximum Gasteiger partial charge on any atom is 0.326 e. The molecule has 4 nitrogen and oxygen atoms in total. The average Bonchev–Trinajstić information content (AvgIpc) is 2.75. The van der Waals surface area contributed by atoms with Gasteiger partial charge in [0.2, 0.25) is 0 Å². The van der Waals surface area contributed by atoms with Gasteiger partial charge < -0.3 is 10.1 Å². The Hall–Kier alpha value is -1.62. The Morgan fingerprint density at radius 1 is 1.30 bits per heavy atom. The molecule has 1 heterocycles. The number of halogens is 1. The van der Waals surface area contributed by atoms with Crippen LogP contribution in [0.25, 0.3) is 11.0 Å². The Morgan fingerprint density at radius 3 is 2.75 bits per heavy atom. The molecule has 1 fully saturated rings. The second kappa shape index (κ2) is 5.05. The number of aliphatic hydroxyl groups is 1. The molecule has 1 aliphatic carbocycles. The standard InChI is InChI=1S/C15H19FN2O2/c16-11-4-5-13-12(8-11)17-14(20)18(13)9-15(10-19)6-2-1-3-7-15/h4-5,8,19H,1-3,6-7,9-10H2,(H,17,20). The first-order valence-corrected chi connectivity index (χ1v) is 7.13. The molecule has 0 atom stereocenters. The first-order chi connectivity index (χ1) is 9.63. The lowest BCUT2D eigenvalue weighted by Crippen LogP contribution is -2.36. The molecule has 20 heavy (non-hydrogen) atoms. The monoisotopic (exact) mass is 278 g/mol. The van der Waals surface area contributed by atoms with Crippen molar-refractivity contribution in [2.45, 2.75) is 38.6 Å². The zero-order valence-corrected chi connectivity index (χ0v) is 11.4. The maximum absolute atomic E-state index is 13.2. The zero-order valence-electron chi connectivity index (χ0n) is 11.4. The van der Waals surface area contributed by atoms with Crippen LogP contribution < -0.4 is 5.69 Å². The van der Waals surface area contributed by atoms with Crippen molar-refractivity contribution in [2.24, 2.45) is 5.41 Å². The predicted octanol–water partition coefficient (Wildman–Crippen LogP) is 2.41. The van der Waals surface area contributed by atoms with E-state index < -0.39 is 0 Å². The molecule has 0 radical (unpaired) electrons. The molecule has 0 unspecified atom stereocenters. The minimum atomic E-state index is -0.361. The van der Waals surface area contributed by atoms with E-state index in [0.29, 0.717) is 17.6 Å². The zero-order chi connectivity index (χ0) is 14.2. The van der Waals surface area contributed by atoms with E-state index in [2.05, 4.69) is 4.98 Å². The third-order valence-electron chi connectivity index (χ3n) is 4.48. The molecular weight excluding hydrogens is 259 g/mol. The molecule has 0 amide bonds. The van der Waals surface area contributed by atoms with Gasteiger partial charge >= 0.3 is 5.69 Å². The van der Waals surface area contributed by atoms with Crippen LogP contribution in [-0.4, -0.2) is 21.3 Å². The smallest absolute Gasteiger partial charge is 0.326 e. The van der Waals surface area contributed by atoms with Gasteiger partial charge in [-0.3, -0.25) is 4.57 Å². The highest BCUT2D eigenvalue weighted by Crippen LogP contribution is 2.37. The number of aliphatic hydroxyl groups excluding tert-OH is 1. The second-order valence-corrected chi connectivity index (χ2v) is 5.90. The summed E-state index contributed by atoms with van der Waals surface area (Å²) in [6, 6.07) is 4.31. The van der Waals surface area contributed by atoms with Crippen molar-refractivity contribution in [1.82, 2.24) is 9.55 Å². The molecule has 1 aliphatic rings. The summed E-state index contributed by atoms with van der Waals surface area (Å²) < 4.78 is 14.8. The number of nitrogens with one attached hydrogen (secondary N) is 1. The third-order valence-corrected chi connectivity index (χ3v) is 4.48. The van der Waals surface area contributed by atoms with Crippen molar-refractivity contribution in [2.75, 3.05) is 6.61 Å². The molecule has 3 rings (SSSR count). The van der Waals surface area contributed by atoms with E-state index in [1.54, 1.807) is 10.6 Å². The van der Waals surface area contributed by atoms with E-state index in [4.69, 9.17) is 0 Å². The van der Waals surface area contributed by atoms with Crippen molar-refractivity contribution in [3.63, 3.8) is 0 Å². The normalized spacial score (nSPS) is 18.5. The molecule has 2 aromatic rings. The molecule has 0 saturated heterocycles. The first-order valence-electron chi connectivity index (χ1n) is 7.13. The highest BCUT2D eigenvalue weighted by atomic mass is 19.1. The number of rotatable bonds is 3. The van der Waals surface area contributed by atoms with Crippen molar-refractivity contribution in [1.29, 1.82) is 0 Å². The van der Waals surface area contributed by atoms with Gasteiger partial charge in [0.1, 0.15) is 5.82 Å². The first kappa shape index (κ1) is 13.4. The second-order valence-electron chi connectivity index (χ2n) is 5.90. The summed E-state index contributed by atoms with van der Waals surface area (Å²) in [6.07, 6.45) is 5.24. The van der Waals surface area contributed by atoms with Gasteiger partial charge in [0.25, 0.3) is 0 Å². The van der Waals surface area contributed by atoms with Crippen LogP contribution in [0.4, 0.5) is 4.39 Å². The molecule has 1 aromatic heterocycles. The highest BCUT2D eigenvalue weighted by Gasteiger charge is 2.32. The van der Waals surface area contributed by atoms with Crippen LogP contribution in [0.2, 0.25) is 0 Å². The van der Waals surface area contributed by atoms with Gasteiger partial charge in [-0.2, -0.15) is 0 Å². The summed E-state index contributed by atoms with van der Waals surface area (Å²) in [4.78, 5) is 14.8. The van der Waals surface area contributed by atoms with Gasteiger partial charge in [-0.25, -0.2) is 9.18 Å². The number of hydrogen-bond acceptors (Lipinski definition) is 2. The lowest BCUT2D eigenvalue weighted by Gasteiger charge is -2.35. The summed E-state index contributed by atoms with van der Waals surface area (Å²) in [6.45, 7) is 0.585. The van der Waals surface area contributed by atoms with Crippen molar-refractivity contribution >= 4 is 11.0 Å². The molecule has 1 aromatic carbocycles. The van der Waals surface area contributed by atoms with Crippen LogP contribution in [0.1, 0.15) is 32.1 Å². The van der Waals surface area contributed by atoms with Crippen LogP contribution >= 0.6 is 0 Å². The summed E-state index contributed by atoms with van der Waals surface area (Å²) >= 11 is 0. The fourth-order valence-electron chi connectivity index (χ4n) is 3.30. The van der Waals surface area contributed by atoms with Gasteiger partial charge in [0.05, 0.1) is 17.6 Å². The van der Waals surface area contributed by atoms with E-state index >= 15 is 0 Å². The molecular formula is C15H19FN2O2. The van der Waals surface area contributed by atoms with Crippen LogP contribution in [0.15, 0.2) is 23.0 Å². The number of aromatic amines is 1. The lowest BCUT2D eigenvalue weighted by atomic mass is 9.74. The Labute approximate surface area is 116 Å². The molecule has 0 bridgehead atoms. The Bertz CT molecular complexity index is 668. The minimum Gasteiger partial charge on any atom is -0.396 e. The quantitative estimate of drug-likeness (QED) is 0.906. The molecule has 0 aliphatic heterocycles. The SMILES string of the molecule is O=c1[nH]c2cc(F)ccc2n1CC1(CO)CCCCC1. The third kappa shape index (κ3) is 2.26.